The maximum absolute atomic E-state index is 12.8. The summed E-state index contributed by atoms with van der Waals surface area (Å²) in [6, 6.07) is 8.06. The molecular formula is C22H30N4O2. The quantitative estimate of drug-likeness (QED) is 0.835. The Labute approximate surface area is 166 Å². The molecule has 2 aliphatic rings. The summed E-state index contributed by atoms with van der Waals surface area (Å²) < 4.78 is 7.64. The Morgan fingerprint density at radius 3 is 2.82 bits per heavy atom. The highest BCUT2D eigenvalue weighted by Crippen LogP contribution is 2.21. The van der Waals surface area contributed by atoms with Crippen molar-refractivity contribution in [2.45, 2.75) is 51.3 Å². The van der Waals surface area contributed by atoms with Crippen molar-refractivity contribution in [2.75, 3.05) is 26.2 Å². The van der Waals surface area contributed by atoms with Gasteiger partial charge in [0.2, 0.25) is 0 Å². The first-order valence-electron chi connectivity index (χ1n) is 10.5. The lowest BCUT2D eigenvalue weighted by atomic mass is 10.0. The first kappa shape index (κ1) is 19.2. The van der Waals surface area contributed by atoms with E-state index in [2.05, 4.69) is 22.2 Å². The SMILES string of the molecule is CCn1cc(-c2cccc(C(=O)NC3CCN(CC4CCCO4)CC3)c2)cn1. The minimum atomic E-state index is 0.0160. The van der Waals surface area contributed by atoms with Crippen molar-refractivity contribution < 1.29 is 9.53 Å². The van der Waals surface area contributed by atoms with E-state index in [-0.39, 0.29) is 11.9 Å². The van der Waals surface area contributed by atoms with E-state index in [1.807, 2.05) is 41.3 Å². The lowest BCUT2D eigenvalue weighted by Gasteiger charge is -2.33. The standard InChI is InChI=1S/C22H30N4O2/c1-2-26-15-19(14-23-26)17-5-3-6-18(13-17)22(27)24-20-8-10-25(11-9-20)16-21-7-4-12-28-21/h3,5-6,13-15,20-21H,2,4,7-12,16H2,1H3,(H,24,27). The molecule has 4 rings (SSSR count). The van der Waals surface area contributed by atoms with E-state index in [9.17, 15) is 4.79 Å². The minimum absolute atomic E-state index is 0.0160. The molecule has 0 saturated carbocycles. The van der Waals surface area contributed by atoms with Crippen LogP contribution in [0.2, 0.25) is 0 Å². The molecule has 150 valence electrons. The third-order valence-corrected chi connectivity index (χ3v) is 5.82. The van der Waals surface area contributed by atoms with Gasteiger partial charge in [0.05, 0.1) is 12.3 Å². The molecule has 1 amide bonds. The predicted molar refractivity (Wildman–Crippen MR) is 109 cm³/mol. The van der Waals surface area contributed by atoms with Gasteiger partial charge in [-0.3, -0.25) is 9.48 Å². The number of piperidine rings is 1. The van der Waals surface area contributed by atoms with Crippen LogP contribution in [0.3, 0.4) is 0 Å². The number of aryl methyl sites for hydroxylation is 1. The Balaban J connectivity index is 1.31. The number of nitrogens with one attached hydrogen (secondary N) is 1. The lowest BCUT2D eigenvalue weighted by Crippen LogP contribution is -2.46. The molecule has 1 atom stereocenters. The molecule has 2 fully saturated rings. The summed E-state index contributed by atoms with van der Waals surface area (Å²) in [6.07, 6.45) is 8.65. The third kappa shape index (κ3) is 4.62. The molecule has 2 aliphatic heterocycles. The summed E-state index contributed by atoms with van der Waals surface area (Å²) >= 11 is 0. The van der Waals surface area contributed by atoms with Crippen LogP contribution in [0.1, 0.15) is 43.0 Å². The van der Waals surface area contributed by atoms with Crippen LogP contribution in [0, 0.1) is 0 Å². The maximum Gasteiger partial charge on any atom is 0.251 e. The van der Waals surface area contributed by atoms with Crippen molar-refractivity contribution in [3.63, 3.8) is 0 Å². The van der Waals surface area contributed by atoms with E-state index in [0.717, 1.165) is 56.8 Å². The van der Waals surface area contributed by atoms with Gasteiger partial charge in [-0.15, -0.1) is 0 Å². The molecule has 0 aliphatic carbocycles. The second-order valence-corrected chi connectivity index (χ2v) is 7.85. The van der Waals surface area contributed by atoms with Gasteiger partial charge in [0.1, 0.15) is 0 Å². The molecule has 0 radical (unpaired) electrons. The number of hydrogen-bond acceptors (Lipinski definition) is 4. The molecule has 6 heteroatoms. The molecule has 2 saturated heterocycles. The van der Waals surface area contributed by atoms with Crippen molar-refractivity contribution in [1.29, 1.82) is 0 Å². The summed E-state index contributed by atoms with van der Waals surface area (Å²) in [7, 11) is 0. The topological polar surface area (TPSA) is 59.4 Å². The number of hydrogen-bond donors (Lipinski definition) is 1. The van der Waals surface area contributed by atoms with Gasteiger partial charge in [-0.2, -0.15) is 5.10 Å². The van der Waals surface area contributed by atoms with Crippen molar-refractivity contribution in [3.05, 3.63) is 42.2 Å². The Bertz CT molecular complexity index is 789. The van der Waals surface area contributed by atoms with E-state index < -0.39 is 0 Å². The first-order valence-corrected chi connectivity index (χ1v) is 10.5. The van der Waals surface area contributed by atoms with Crippen LogP contribution in [-0.4, -0.2) is 59.0 Å². The number of aromatic nitrogens is 2. The lowest BCUT2D eigenvalue weighted by molar-refractivity contribution is 0.0613. The van der Waals surface area contributed by atoms with Gasteiger partial charge in [-0.05, 0) is 50.3 Å². The second kappa shape index (κ2) is 8.88. The van der Waals surface area contributed by atoms with Crippen LogP contribution in [0.5, 0.6) is 0 Å². The first-order chi connectivity index (χ1) is 13.7. The molecule has 0 bridgehead atoms. The van der Waals surface area contributed by atoms with Crippen molar-refractivity contribution >= 4 is 5.91 Å². The van der Waals surface area contributed by atoms with Gasteiger partial charge in [0.15, 0.2) is 0 Å². The van der Waals surface area contributed by atoms with E-state index >= 15 is 0 Å². The van der Waals surface area contributed by atoms with E-state index in [0.29, 0.717) is 11.7 Å². The van der Waals surface area contributed by atoms with E-state index in [1.165, 1.54) is 12.8 Å². The highest BCUT2D eigenvalue weighted by atomic mass is 16.5. The summed E-state index contributed by atoms with van der Waals surface area (Å²) in [5, 5.41) is 7.55. The summed E-state index contributed by atoms with van der Waals surface area (Å²) in [5.74, 6) is 0.0160. The van der Waals surface area contributed by atoms with Crippen molar-refractivity contribution in [3.8, 4) is 11.1 Å². The second-order valence-electron chi connectivity index (χ2n) is 7.85. The van der Waals surface area contributed by atoms with E-state index in [1.54, 1.807) is 0 Å². The number of benzene rings is 1. The monoisotopic (exact) mass is 382 g/mol. The van der Waals surface area contributed by atoms with Gasteiger partial charge in [-0.1, -0.05) is 12.1 Å². The van der Waals surface area contributed by atoms with Gasteiger partial charge in [0.25, 0.3) is 5.91 Å². The van der Waals surface area contributed by atoms with Crippen molar-refractivity contribution in [1.82, 2.24) is 20.0 Å². The molecule has 3 heterocycles. The number of ether oxygens (including phenoxy) is 1. The fourth-order valence-corrected chi connectivity index (χ4v) is 4.13. The smallest absolute Gasteiger partial charge is 0.251 e. The molecule has 28 heavy (non-hydrogen) atoms. The van der Waals surface area contributed by atoms with Crippen LogP contribution in [0.25, 0.3) is 11.1 Å². The number of carbonyl (C=O) groups excluding carboxylic acids is 1. The maximum atomic E-state index is 12.8. The number of likely N-dealkylation sites (tertiary alicyclic amines) is 1. The summed E-state index contributed by atoms with van der Waals surface area (Å²) in [6.45, 7) is 6.91. The largest absolute Gasteiger partial charge is 0.377 e. The fraction of sp³-hybridized carbons (Fsp3) is 0.545. The molecule has 1 N–H and O–H groups in total. The Kier molecular flexibility index (Phi) is 6.07. The number of amides is 1. The number of rotatable bonds is 6. The van der Waals surface area contributed by atoms with Crippen LogP contribution >= 0.6 is 0 Å². The van der Waals surface area contributed by atoms with Crippen LogP contribution in [-0.2, 0) is 11.3 Å². The zero-order valence-corrected chi connectivity index (χ0v) is 16.6. The van der Waals surface area contributed by atoms with Crippen molar-refractivity contribution in [2.24, 2.45) is 0 Å². The van der Waals surface area contributed by atoms with Gasteiger partial charge in [-0.25, -0.2) is 0 Å². The highest BCUT2D eigenvalue weighted by Gasteiger charge is 2.25. The average molecular weight is 383 g/mol. The molecule has 1 unspecified atom stereocenters. The normalized spacial score (nSPS) is 21.1. The molecule has 6 nitrogen and oxygen atoms in total. The van der Waals surface area contributed by atoms with Crippen LogP contribution in [0.4, 0.5) is 0 Å². The molecule has 0 spiro atoms. The third-order valence-electron chi connectivity index (χ3n) is 5.82. The molecule has 2 aromatic rings. The zero-order chi connectivity index (χ0) is 19.3. The average Bonchev–Trinajstić information content (AvgIpc) is 3.41. The van der Waals surface area contributed by atoms with E-state index in [4.69, 9.17) is 4.74 Å². The Morgan fingerprint density at radius 1 is 1.25 bits per heavy atom. The van der Waals surface area contributed by atoms with Gasteiger partial charge in [0, 0.05) is 56.2 Å². The minimum Gasteiger partial charge on any atom is -0.377 e. The number of carbonyl (C=O) groups is 1. The summed E-state index contributed by atoms with van der Waals surface area (Å²) in [4.78, 5) is 15.2. The Morgan fingerprint density at radius 2 is 2.11 bits per heavy atom. The zero-order valence-electron chi connectivity index (χ0n) is 16.6. The van der Waals surface area contributed by atoms with Crippen LogP contribution < -0.4 is 5.32 Å². The van der Waals surface area contributed by atoms with Gasteiger partial charge >= 0.3 is 0 Å². The van der Waals surface area contributed by atoms with Gasteiger partial charge < -0.3 is 15.0 Å². The highest BCUT2D eigenvalue weighted by molar-refractivity contribution is 5.95. The fourth-order valence-electron chi connectivity index (χ4n) is 4.13. The molecule has 1 aromatic carbocycles. The molecule has 1 aromatic heterocycles. The Hall–Kier alpha value is -2.18. The van der Waals surface area contributed by atoms with Crippen LogP contribution in [0.15, 0.2) is 36.7 Å². The predicted octanol–water partition coefficient (Wildman–Crippen LogP) is 2.94. The summed E-state index contributed by atoms with van der Waals surface area (Å²) in [5.41, 5.74) is 2.78. The number of nitrogens with zero attached hydrogens (tertiary/aromatic N) is 3. The molecular weight excluding hydrogens is 352 g/mol.